The van der Waals surface area contributed by atoms with Crippen LogP contribution in [0.2, 0.25) is 0 Å². The van der Waals surface area contributed by atoms with E-state index in [9.17, 15) is 0 Å². The average Bonchev–Trinajstić information content (AvgIpc) is 2.67. The van der Waals surface area contributed by atoms with Gasteiger partial charge in [0.05, 0.1) is 9.89 Å². The minimum Gasteiger partial charge on any atom is -0.380 e. The number of nitrogens with zero attached hydrogens (tertiary/aromatic N) is 1. The molecule has 90 valence electrons. The van der Waals surface area contributed by atoms with Gasteiger partial charge in [-0.25, -0.2) is 0 Å². The first kappa shape index (κ1) is 12.6. The molecule has 2 unspecified atom stereocenters. The molecule has 0 aliphatic carbocycles. The number of rotatable bonds is 3. The van der Waals surface area contributed by atoms with Gasteiger partial charge in [-0.1, -0.05) is 6.92 Å². The summed E-state index contributed by atoms with van der Waals surface area (Å²) < 4.78 is 6.75. The van der Waals surface area contributed by atoms with Crippen LogP contribution < -0.4 is 0 Å². The second-order valence-corrected chi connectivity index (χ2v) is 7.03. The van der Waals surface area contributed by atoms with Gasteiger partial charge in [0, 0.05) is 25.1 Å². The van der Waals surface area contributed by atoms with Gasteiger partial charge in [-0.15, -0.1) is 11.3 Å². The Bertz CT molecular complexity index is 342. The third kappa shape index (κ3) is 3.06. The highest BCUT2D eigenvalue weighted by Gasteiger charge is 2.25. The Kier molecular flexibility index (Phi) is 4.41. The zero-order chi connectivity index (χ0) is 11.5. The normalized spacial score (nSPS) is 27.2. The summed E-state index contributed by atoms with van der Waals surface area (Å²) in [6, 6.07) is 4.33. The van der Waals surface area contributed by atoms with Crippen molar-refractivity contribution in [2.24, 2.45) is 5.92 Å². The van der Waals surface area contributed by atoms with Crippen LogP contribution in [-0.4, -0.2) is 31.2 Å². The first-order valence-electron chi connectivity index (χ1n) is 5.68. The molecule has 0 bridgehead atoms. The third-order valence-electron chi connectivity index (χ3n) is 3.28. The number of thiophene rings is 1. The molecule has 0 radical (unpaired) electrons. The molecule has 2 heterocycles. The number of halogens is 1. The van der Waals surface area contributed by atoms with Crippen molar-refractivity contribution in [3.8, 4) is 0 Å². The molecular weight excluding hydrogens is 286 g/mol. The molecule has 1 aromatic heterocycles. The topological polar surface area (TPSA) is 12.5 Å². The number of ether oxygens (including phenoxy) is 1. The number of likely N-dealkylation sites (tertiary alicyclic amines) is 1. The van der Waals surface area contributed by atoms with Crippen LogP contribution in [0.15, 0.2) is 15.9 Å². The first-order valence-corrected chi connectivity index (χ1v) is 7.29. The van der Waals surface area contributed by atoms with Crippen LogP contribution in [0.3, 0.4) is 0 Å². The fourth-order valence-corrected chi connectivity index (χ4v) is 3.73. The van der Waals surface area contributed by atoms with Crippen molar-refractivity contribution in [2.75, 3.05) is 20.2 Å². The smallest absolute Gasteiger partial charge is 0.0724 e. The molecule has 1 aliphatic heterocycles. The maximum Gasteiger partial charge on any atom is 0.0724 e. The van der Waals surface area contributed by atoms with Crippen LogP contribution in [0.5, 0.6) is 0 Å². The van der Waals surface area contributed by atoms with Gasteiger partial charge in [0.2, 0.25) is 0 Å². The lowest BCUT2D eigenvalue weighted by Gasteiger charge is -2.35. The molecule has 4 heteroatoms. The van der Waals surface area contributed by atoms with E-state index >= 15 is 0 Å². The Morgan fingerprint density at radius 2 is 2.38 bits per heavy atom. The first-order chi connectivity index (χ1) is 7.69. The van der Waals surface area contributed by atoms with E-state index < -0.39 is 0 Å². The molecule has 2 nitrogen and oxygen atoms in total. The highest BCUT2D eigenvalue weighted by molar-refractivity contribution is 9.11. The maximum absolute atomic E-state index is 5.53. The van der Waals surface area contributed by atoms with Crippen molar-refractivity contribution < 1.29 is 4.74 Å². The van der Waals surface area contributed by atoms with Crippen LogP contribution >= 0.6 is 27.3 Å². The van der Waals surface area contributed by atoms with E-state index in [2.05, 4.69) is 39.9 Å². The number of hydrogen-bond donors (Lipinski definition) is 0. The van der Waals surface area contributed by atoms with Gasteiger partial charge in [-0.3, -0.25) is 4.90 Å². The summed E-state index contributed by atoms with van der Waals surface area (Å²) in [6.07, 6.45) is 1.64. The summed E-state index contributed by atoms with van der Waals surface area (Å²) in [4.78, 5) is 3.92. The predicted octanol–water partition coefficient (Wildman–Crippen LogP) is 3.37. The van der Waals surface area contributed by atoms with Crippen molar-refractivity contribution >= 4 is 27.3 Å². The molecule has 2 atom stereocenters. The molecule has 16 heavy (non-hydrogen) atoms. The van der Waals surface area contributed by atoms with Gasteiger partial charge < -0.3 is 4.74 Å². The molecule has 1 aromatic rings. The minimum absolute atomic E-state index is 0.400. The fraction of sp³-hybridized carbons (Fsp3) is 0.667. The number of methoxy groups -OCH3 is 1. The largest absolute Gasteiger partial charge is 0.380 e. The second kappa shape index (κ2) is 5.63. The fourth-order valence-electron chi connectivity index (χ4n) is 2.21. The molecule has 0 spiro atoms. The van der Waals surface area contributed by atoms with E-state index in [0.717, 1.165) is 13.1 Å². The second-order valence-electron chi connectivity index (χ2n) is 4.48. The number of hydrogen-bond acceptors (Lipinski definition) is 3. The van der Waals surface area contributed by atoms with Gasteiger partial charge in [0.1, 0.15) is 0 Å². The predicted molar refractivity (Wildman–Crippen MR) is 71.9 cm³/mol. The molecule has 1 aliphatic rings. The molecular formula is C12H18BrNOS. The Morgan fingerprint density at radius 1 is 1.56 bits per heavy atom. The molecule has 2 rings (SSSR count). The summed E-state index contributed by atoms with van der Waals surface area (Å²) >= 11 is 5.33. The molecule has 0 aromatic carbocycles. The standard InChI is InChI=1S/C12H18BrNOS/c1-9-5-6-14(8-11(9)15-2)7-10-3-4-12(13)16-10/h3-4,9,11H,5-8H2,1-2H3. The van der Waals surface area contributed by atoms with Crippen LogP contribution in [0.25, 0.3) is 0 Å². The molecule has 0 amide bonds. The highest BCUT2D eigenvalue weighted by Crippen LogP contribution is 2.26. The monoisotopic (exact) mass is 303 g/mol. The van der Waals surface area contributed by atoms with E-state index in [-0.39, 0.29) is 0 Å². The minimum atomic E-state index is 0.400. The quantitative estimate of drug-likeness (QED) is 0.849. The van der Waals surface area contributed by atoms with E-state index in [1.54, 1.807) is 0 Å². The van der Waals surface area contributed by atoms with Crippen molar-refractivity contribution in [2.45, 2.75) is 26.0 Å². The lowest BCUT2D eigenvalue weighted by molar-refractivity contribution is -0.00716. The van der Waals surface area contributed by atoms with Crippen molar-refractivity contribution in [1.82, 2.24) is 4.90 Å². The summed E-state index contributed by atoms with van der Waals surface area (Å²) in [5.41, 5.74) is 0. The Hall–Kier alpha value is 0.1000. The summed E-state index contributed by atoms with van der Waals surface area (Å²) in [5, 5.41) is 0. The Morgan fingerprint density at radius 3 is 3.00 bits per heavy atom. The van der Waals surface area contributed by atoms with Gasteiger partial charge in [0.15, 0.2) is 0 Å². The SMILES string of the molecule is COC1CN(Cc2ccc(Br)s2)CCC1C. The van der Waals surface area contributed by atoms with Crippen molar-refractivity contribution in [3.05, 3.63) is 20.8 Å². The summed E-state index contributed by atoms with van der Waals surface area (Å²) in [5.74, 6) is 0.691. The lowest BCUT2D eigenvalue weighted by atomic mass is 9.96. The number of piperidine rings is 1. The molecule has 0 saturated carbocycles. The third-order valence-corrected chi connectivity index (χ3v) is 4.89. The molecule has 0 N–H and O–H groups in total. The van der Waals surface area contributed by atoms with Gasteiger partial charge in [-0.2, -0.15) is 0 Å². The summed E-state index contributed by atoms with van der Waals surface area (Å²) in [6.45, 7) is 5.60. The summed E-state index contributed by atoms with van der Waals surface area (Å²) in [7, 11) is 1.83. The van der Waals surface area contributed by atoms with Crippen LogP contribution in [0.1, 0.15) is 18.2 Å². The van der Waals surface area contributed by atoms with Crippen LogP contribution in [0, 0.1) is 5.92 Å². The molecule has 1 fully saturated rings. The zero-order valence-corrected chi connectivity index (χ0v) is 12.2. The Labute approximate surface area is 110 Å². The van der Waals surface area contributed by atoms with E-state index in [4.69, 9.17) is 4.74 Å². The van der Waals surface area contributed by atoms with E-state index in [1.807, 2.05) is 18.4 Å². The molecule has 1 saturated heterocycles. The average molecular weight is 304 g/mol. The van der Waals surface area contributed by atoms with Crippen LogP contribution in [-0.2, 0) is 11.3 Å². The Balaban J connectivity index is 1.91. The van der Waals surface area contributed by atoms with E-state index in [1.165, 1.54) is 21.6 Å². The van der Waals surface area contributed by atoms with Gasteiger partial charge >= 0.3 is 0 Å². The van der Waals surface area contributed by atoms with Crippen molar-refractivity contribution in [1.29, 1.82) is 0 Å². The maximum atomic E-state index is 5.53. The zero-order valence-electron chi connectivity index (χ0n) is 9.78. The van der Waals surface area contributed by atoms with Gasteiger partial charge in [0.25, 0.3) is 0 Å². The van der Waals surface area contributed by atoms with Crippen LogP contribution in [0.4, 0.5) is 0 Å². The van der Waals surface area contributed by atoms with E-state index in [0.29, 0.717) is 12.0 Å². The lowest BCUT2D eigenvalue weighted by Crippen LogP contribution is -2.43. The van der Waals surface area contributed by atoms with Gasteiger partial charge in [-0.05, 0) is 46.9 Å². The van der Waals surface area contributed by atoms with Crippen molar-refractivity contribution in [3.63, 3.8) is 0 Å². The highest BCUT2D eigenvalue weighted by atomic mass is 79.9.